The molecule has 2 heterocycles. The van der Waals surface area contributed by atoms with E-state index in [0.717, 1.165) is 22.2 Å². The number of hydrogen-bond acceptors (Lipinski definition) is 6. The second kappa shape index (κ2) is 5.99. The van der Waals surface area contributed by atoms with Crippen LogP contribution in [-0.4, -0.2) is 15.0 Å². The average molecular weight is 275 g/mol. The maximum absolute atomic E-state index is 5.38. The van der Waals surface area contributed by atoms with Crippen LogP contribution in [-0.2, 0) is 5.75 Å². The van der Waals surface area contributed by atoms with Gasteiger partial charge in [0.05, 0.1) is 10.8 Å². The van der Waals surface area contributed by atoms with Gasteiger partial charge in [-0.1, -0.05) is 11.8 Å². The molecule has 0 radical (unpaired) electrons. The molecule has 0 saturated carbocycles. The lowest BCUT2D eigenvalue weighted by Gasteiger charge is -2.06. The van der Waals surface area contributed by atoms with Gasteiger partial charge in [-0.3, -0.25) is 0 Å². The van der Waals surface area contributed by atoms with Crippen LogP contribution in [0.3, 0.4) is 0 Å². The van der Waals surface area contributed by atoms with E-state index in [1.807, 2.05) is 19.9 Å². The van der Waals surface area contributed by atoms with Crippen LogP contribution in [0.1, 0.15) is 22.8 Å². The van der Waals surface area contributed by atoms with Crippen LogP contribution in [0.4, 0.5) is 5.82 Å². The Kier molecular flexibility index (Phi) is 4.34. The Hall–Kier alpha value is -1.66. The molecule has 3 N–H and O–H groups in total. The first-order valence-electron chi connectivity index (χ1n) is 5.96. The molecule has 0 saturated heterocycles. The van der Waals surface area contributed by atoms with E-state index in [1.165, 1.54) is 5.56 Å². The van der Waals surface area contributed by atoms with Crippen LogP contribution < -0.4 is 11.3 Å². The summed E-state index contributed by atoms with van der Waals surface area (Å²) in [6, 6.07) is 5.93. The Bertz CT molecular complexity index is 565. The van der Waals surface area contributed by atoms with Crippen molar-refractivity contribution >= 4 is 17.6 Å². The van der Waals surface area contributed by atoms with Crippen LogP contribution in [0.5, 0.6) is 0 Å². The molecule has 19 heavy (non-hydrogen) atoms. The Balaban J connectivity index is 2.11. The lowest BCUT2D eigenvalue weighted by molar-refractivity contribution is 0.983. The highest BCUT2D eigenvalue weighted by Crippen LogP contribution is 2.21. The number of hydrogen-bond donors (Lipinski definition) is 2. The standard InChI is InChI=1S/C13H17N5S/c1-8-4-9(2)16-13(5-8)19-7-12-15-10(3)6-11(17-12)18-14/h4-6H,7,14H2,1-3H3,(H,15,17,18). The molecule has 0 aliphatic carbocycles. The molecule has 0 aromatic carbocycles. The van der Waals surface area contributed by atoms with Crippen LogP contribution in [0.25, 0.3) is 0 Å². The Morgan fingerprint density at radius 3 is 2.47 bits per heavy atom. The number of thioether (sulfide) groups is 1. The molecule has 2 aromatic heterocycles. The van der Waals surface area contributed by atoms with Gasteiger partial charge in [-0.15, -0.1) is 0 Å². The number of nitrogen functional groups attached to an aromatic ring is 1. The van der Waals surface area contributed by atoms with E-state index in [2.05, 4.69) is 39.4 Å². The van der Waals surface area contributed by atoms with Crippen molar-refractivity contribution in [1.29, 1.82) is 0 Å². The Morgan fingerprint density at radius 1 is 1.05 bits per heavy atom. The summed E-state index contributed by atoms with van der Waals surface area (Å²) >= 11 is 1.63. The lowest BCUT2D eigenvalue weighted by atomic mass is 10.3. The monoisotopic (exact) mass is 275 g/mol. The minimum atomic E-state index is 0.636. The van der Waals surface area contributed by atoms with Crippen molar-refractivity contribution < 1.29 is 0 Å². The van der Waals surface area contributed by atoms with E-state index in [0.29, 0.717) is 11.6 Å². The number of nitrogens with zero attached hydrogens (tertiary/aromatic N) is 3. The summed E-state index contributed by atoms with van der Waals surface area (Å²) in [5.74, 6) is 7.43. The molecule has 0 unspecified atom stereocenters. The molecule has 2 rings (SSSR count). The fraction of sp³-hybridized carbons (Fsp3) is 0.308. The highest BCUT2D eigenvalue weighted by molar-refractivity contribution is 7.98. The average Bonchev–Trinajstić information content (AvgIpc) is 2.34. The molecule has 0 bridgehead atoms. The van der Waals surface area contributed by atoms with Gasteiger partial charge in [0.2, 0.25) is 0 Å². The van der Waals surface area contributed by atoms with Gasteiger partial charge in [0.1, 0.15) is 11.6 Å². The highest BCUT2D eigenvalue weighted by atomic mass is 32.2. The van der Waals surface area contributed by atoms with Gasteiger partial charge in [0.15, 0.2) is 0 Å². The number of nitrogens with one attached hydrogen (secondary N) is 1. The van der Waals surface area contributed by atoms with Crippen molar-refractivity contribution in [2.45, 2.75) is 31.6 Å². The summed E-state index contributed by atoms with van der Waals surface area (Å²) in [4.78, 5) is 13.2. The Morgan fingerprint density at radius 2 is 1.79 bits per heavy atom. The van der Waals surface area contributed by atoms with Gasteiger partial charge in [-0.2, -0.15) is 0 Å². The molecule has 0 atom stereocenters. The van der Waals surface area contributed by atoms with Crippen molar-refractivity contribution in [2.24, 2.45) is 5.84 Å². The first-order chi connectivity index (χ1) is 9.06. The minimum absolute atomic E-state index is 0.636. The SMILES string of the molecule is Cc1cc(C)nc(SCc2nc(C)cc(NN)n2)c1. The second-order valence-corrected chi connectivity index (χ2v) is 5.36. The smallest absolute Gasteiger partial charge is 0.143 e. The fourth-order valence-corrected chi connectivity index (χ4v) is 2.67. The van der Waals surface area contributed by atoms with Gasteiger partial charge in [0.25, 0.3) is 0 Å². The Labute approximate surface area is 117 Å². The number of nitrogens with two attached hydrogens (primary N) is 1. The van der Waals surface area contributed by atoms with Crippen molar-refractivity contribution in [2.75, 3.05) is 5.43 Å². The predicted molar refractivity (Wildman–Crippen MR) is 77.9 cm³/mol. The fourth-order valence-electron chi connectivity index (χ4n) is 1.79. The maximum Gasteiger partial charge on any atom is 0.143 e. The third kappa shape index (κ3) is 3.90. The van der Waals surface area contributed by atoms with E-state index >= 15 is 0 Å². The minimum Gasteiger partial charge on any atom is -0.308 e. The second-order valence-electron chi connectivity index (χ2n) is 4.37. The van der Waals surface area contributed by atoms with E-state index in [-0.39, 0.29) is 0 Å². The van der Waals surface area contributed by atoms with E-state index in [4.69, 9.17) is 5.84 Å². The number of aromatic nitrogens is 3. The molecule has 5 nitrogen and oxygen atoms in total. The van der Waals surface area contributed by atoms with Gasteiger partial charge in [-0.05, 0) is 38.5 Å². The van der Waals surface area contributed by atoms with Gasteiger partial charge < -0.3 is 5.43 Å². The van der Waals surface area contributed by atoms with E-state index < -0.39 is 0 Å². The molecular weight excluding hydrogens is 258 g/mol. The largest absolute Gasteiger partial charge is 0.308 e. The van der Waals surface area contributed by atoms with Gasteiger partial charge >= 0.3 is 0 Å². The highest BCUT2D eigenvalue weighted by Gasteiger charge is 2.04. The van der Waals surface area contributed by atoms with Crippen molar-refractivity contribution in [3.8, 4) is 0 Å². The molecule has 0 aliphatic rings. The molecule has 2 aromatic rings. The van der Waals surface area contributed by atoms with Gasteiger partial charge in [0, 0.05) is 17.5 Å². The summed E-state index contributed by atoms with van der Waals surface area (Å²) in [7, 11) is 0. The quantitative estimate of drug-likeness (QED) is 0.507. The molecular formula is C13H17N5S. The summed E-state index contributed by atoms with van der Waals surface area (Å²) in [6.07, 6.45) is 0. The van der Waals surface area contributed by atoms with Gasteiger partial charge in [-0.25, -0.2) is 20.8 Å². The van der Waals surface area contributed by atoms with Crippen molar-refractivity contribution in [3.05, 3.63) is 41.0 Å². The van der Waals surface area contributed by atoms with Crippen LogP contribution >= 0.6 is 11.8 Å². The van der Waals surface area contributed by atoms with Crippen molar-refractivity contribution in [1.82, 2.24) is 15.0 Å². The zero-order valence-electron chi connectivity index (χ0n) is 11.3. The summed E-state index contributed by atoms with van der Waals surface area (Å²) in [6.45, 7) is 5.99. The zero-order valence-corrected chi connectivity index (χ0v) is 12.1. The summed E-state index contributed by atoms with van der Waals surface area (Å²) in [5.41, 5.74) is 5.68. The number of hydrazine groups is 1. The normalized spacial score (nSPS) is 10.5. The molecule has 6 heteroatoms. The molecule has 0 amide bonds. The van der Waals surface area contributed by atoms with Crippen LogP contribution in [0, 0.1) is 20.8 Å². The maximum atomic E-state index is 5.38. The first kappa shape index (κ1) is 13.8. The first-order valence-corrected chi connectivity index (χ1v) is 6.94. The molecule has 0 aliphatic heterocycles. The number of pyridine rings is 1. The van der Waals surface area contributed by atoms with E-state index in [9.17, 15) is 0 Å². The van der Waals surface area contributed by atoms with E-state index in [1.54, 1.807) is 11.8 Å². The number of rotatable bonds is 4. The lowest BCUT2D eigenvalue weighted by Crippen LogP contribution is -2.10. The summed E-state index contributed by atoms with van der Waals surface area (Å²) < 4.78 is 0. The zero-order chi connectivity index (χ0) is 13.8. The number of anilines is 1. The molecule has 0 fully saturated rings. The third-order valence-corrected chi connectivity index (χ3v) is 3.38. The van der Waals surface area contributed by atoms with Crippen LogP contribution in [0.2, 0.25) is 0 Å². The molecule has 100 valence electrons. The third-order valence-electron chi connectivity index (χ3n) is 2.47. The van der Waals surface area contributed by atoms with Crippen molar-refractivity contribution in [3.63, 3.8) is 0 Å². The molecule has 0 spiro atoms. The topological polar surface area (TPSA) is 76.7 Å². The van der Waals surface area contributed by atoms with Crippen LogP contribution in [0.15, 0.2) is 23.2 Å². The summed E-state index contributed by atoms with van der Waals surface area (Å²) in [5, 5.41) is 0.991. The number of aryl methyl sites for hydroxylation is 3. The predicted octanol–water partition coefficient (Wildman–Crippen LogP) is 2.37.